The summed E-state index contributed by atoms with van der Waals surface area (Å²) in [5.74, 6) is 2.28. The van der Waals surface area contributed by atoms with Crippen molar-refractivity contribution in [3.05, 3.63) is 54.1 Å². The van der Waals surface area contributed by atoms with E-state index in [2.05, 4.69) is 5.32 Å². The molecular formula is C21H27NO4. The van der Waals surface area contributed by atoms with Crippen LogP contribution < -0.4 is 19.5 Å². The lowest BCUT2D eigenvalue weighted by Gasteiger charge is -2.12. The lowest BCUT2D eigenvalue weighted by Crippen LogP contribution is -2.28. The molecule has 5 heteroatoms. The fraction of sp³-hybridized carbons (Fsp3) is 0.381. The number of benzene rings is 2. The summed E-state index contributed by atoms with van der Waals surface area (Å²) in [5.41, 5.74) is 1.05. The molecular weight excluding hydrogens is 330 g/mol. The molecule has 2 rings (SSSR count). The Hall–Kier alpha value is -2.69. The summed E-state index contributed by atoms with van der Waals surface area (Å²) in [5, 5.41) is 2.87. The van der Waals surface area contributed by atoms with E-state index in [0.29, 0.717) is 39.2 Å². The van der Waals surface area contributed by atoms with Gasteiger partial charge in [0.05, 0.1) is 19.8 Å². The third kappa shape index (κ3) is 6.67. The van der Waals surface area contributed by atoms with E-state index in [1.807, 2.05) is 62.4 Å². The highest BCUT2D eigenvalue weighted by atomic mass is 16.5. The van der Waals surface area contributed by atoms with E-state index >= 15 is 0 Å². The van der Waals surface area contributed by atoms with Gasteiger partial charge in [-0.3, -0.25) is 4.79 Å². The van der Waals surface area contributed by atoms with Crippen molar-refractivity contribution in [3.8, 4) is 17.2 Å². The summed E-state index contributed by atoms with van der Waals surface area (Å²) < 4.78 is 16.7. The predicted molar refractivity (Wildman–Crippen MR) is 102 cm³/mol. The number of carbonyl (C=O) groups is 1. The molecule has 0 aliphatic heterocycles. The second-order valence-electron chi connectivity index (χ2n) is 5.66. The molecule has 5 nitrogen and oxygen atoms in total. The van der Waals surface area contributed by atoms with Gasteiger partial charge in [-0.05, 0) is 50.1 Å². The fourth-order valence-corrected chi connectivity index (χ4v) is 2.47. The quantitative estimate of drug-likeness (QED) is 0.624. The molecule has 2 aromatic carbocycles. The first-order valence-corrected chi connectivity index (χ1v) is 9.06. The Kier molecular flexibility index (Phi) is 8.33. The molecule has 0 fully saturated rings. The SMILES string of the molecule is CCOc1ccc(CCC(=O)NCCOc2ccccc2)cc1OCC. The van der Waals surface area contributed by atoms with Crippen molar-refractivity contribution in [1.29, 1.82) is 0 Å². The normalized spacial score (nSPS) is 10.2. The maximum absolute atomic E-state index is 12.0. The van der Waals surface area contributed by atoms with E-state index < -0.39 is 0 Å². The lowest BCUT2D eigenvalue weighted by atomic mass is 10.1. The molecule has 26 heavy (non-hydrogen) atoms. The lowest BCUT2D eigenvalue weighted by molar-refractivity contribution is -0.121. The van der Waals surface area contributed by atoms with E-state index in [-0.39, 0.29) is 5.91 Å². The number of ether oxygens (including phenoxy) is 3. The van der Waals surface area contributed by atoms with Crippen molar-refractivity contribution in [2.45, 2.75) is 26.7 Å². The molecule has 0 spiro atoms. The van der Waals surface area contributed by atoms with Gasteiger partial charge in [-0.1, -0.05) is 24.3 Å². The van der Waals surface area contributed by atoms with Gasteiger partial charge < -0.3 is 19.5 Å². The van der Waals surface area contributed by atoms with Gasteiger partial charge >= 0.3 is 0 Å². The van der Waals surface area contributed by atoms with Crippen LogP contribution in [0.5, 0.6) is 17.2 Å². The largest absolute Gasteiger partial charge is 0.492 e. The molecule has 0 saturated carbocycles. The highest BCUT2D eigenvalue weighted by Crippen LogP contribution is 2.28. The Labute approximate surface area is 155 Å². The number of carbonyl (C=O) groups excluding carboxylic acids is 1. The number of para-hydroxylation sites is 1. The predicted octanol–water partition coefficient (Wildman–Crippen LogP) is 3.61. The van der Waals surface area contributed by atoms with Gasteiger partial charge in [0.15, 0.2) is 11.5 Å². The van der Waals surface area contributed by atoms with Crippen LogP contribution in [0.3, 0.4) is 0 Å². The molecule has 0 aromatic heterocycles. The van der Waals surface area contributed by atoms with Crippen LogP contribution in [0, 0.1) is 0 Å². The van der Waals surface area contributed by atoms with Crippen LogP contribution in [0.15, 0.2) is 48.5 Å². The third-order valence-corrected chi connectivity index (χ3v) is 3.68. The zero-order valence-corrected chi connectivity index (χ0v) is 15.5. The molecule has 2 aromatic rings. The summed E-state index contributed by atoms with van der Waals surface area (Å²) in [6.07, 6.45) is 1.07. The van der Waals surface area contributed by atoms with Gasteiger partial charge in [-0.15, -0.1) is 0 Å². The van der Waals surface area contributed by atoms with Gasteiger partial charge in [0.25, 0.3) is 0 Å². The molecule has 140 valence electrons. The van der Waals surface area contributed by atoms with Crippen LogP contribution >= 0.6 is 0 Å². The second-order valence-corrected chi connectivity index (χ2v) is 5.66. The maximum atomic E-state index is 12.0. The number of hydrogen-bond acceptors (Lipinski definition) is 4. The van der Waals surface area contributed by atoms with Crippen molar-refractivity contribution >= 4 is 5.91 Å². The zero-order chi connectivity index (χ0) is 18.6. The molecule has 0 heterocycles. The maximum Gasteiger partial charge on any atom is 0.220 e. The Balaban J connectivity index is 1.73. The van der Waals surface area contributed by atoms with Gasteiger partial charge in [-0.25, -0.2) is 0 Å². The van der Waals surface area contributed by atoms with Crippen LogP contribution in [-0.2, 0) is 11.2 Å². The third-order valence-electron chi connectivity index (χ3n) is 3.68. The summed E-state index contributed by atoms with van der Waals surface area (Å²) in [6.45, 7) is 5.98. The van der Waals surface area contributed by atoms with E-state index in [1.165, 1.54) is 0 Å². The van der Waals surface area contributed by atoms with E-state index in [1.54, 1.807) is 0 Å². The monoisotopic (exact) mass is 357 g/mol. The van der Waals surface area contributed by atoms with Crippen LogP contribution in [-0.4, -0.2) is 32.3 Å². The van der Waals surface area contributed by atoms with Gasteiger partial charge in [0.1, 0.15) is 12.4 Å². The molecule has 0 saturated heterocycles. The average Bonchev–Trinajstić information content (AvgIpc) is 2.66. The topological polar surface area (TPSA) is 56.8 Å². The smallest absolute Gasteiger partial charge is 0.220 e. The average molecular weight is 357 g/mol. The van der Waals surface area contributed by atoms with Gasteiger partial charge in [0.2, 0.25) is 5.91 Å². The Bertz CT molecular complexity index is 673. The van der Waals surface area contributed by atoms with Crippen molar-refractivity contribution < 1.29 is 19.0 Å². The second kappa shape index (κ2) is 11.0. The Morgan fingerprint density at radius 3 is 2.38 bits per heavy atom. The summed E-state index contributed by atoms with van der Waals surface area (Å²) in [4.78, 5) is 12.0. The van der Waals surface area contributed by atoms with Gasteiger partial charge in [0, 0.05) is 6.42 Å². The molecule has 1 N–H and O–H groups in total. The van der Waals surface area contributed by atoms with E-state index in [4.69, 9.17) is 14.2 Å². The number of aryl methyl sites for hydroxylation is 1. The first-order chi connectivity index (χ1) is 12.7. The molecule has 0 atom stereocenters. The minimum atomic E-state index is 0.00788. The minimum absolute atomic E-state index is 0.00788. The highest BCUT2D eigenvalue weighted by Gasteiger charge is 2.08. The number of nitrogens with one attached hydrogen (secondary N) is 1. The minimum Gasteiger partial charge on any atom is -0.492 e. The Morgan fingerprint density at radius 2 is 1.65 bits per heavy atom. The van der Waals surface area contributed by atoms with Crippen LogP contribution in [0.1, 0.15) is 25.8 Å². The first-order valence-electron chi connectivity index (χ1n) is 9.06. The molecule has 1 amide bonds. The molecule has 0 aliphatic carbocycles. The van der Waals surface area contributed by atoms with E-state index in [0.717, 1.165) is 22.8 Å². The van der Waals surface area contributed by atoms with Gasteiger partial charge in [-0.2, -0.15) is 0 Å². The Morgan fingerprint density at radius 1 is 0.923 bits per heavy atom. The standard InChI is InChI=1S/C21H27NO4/c1-3-24-19-12-10-17(16-20(19)25-4-2)11-13-21(23)22-14-15-26-18-8-6-5-7-9-18/h5-10,12,16H,3-4,11,13-15H2,1-2H3,(H,22,23). The van der Waals surface area contributed by atoms with Crippen molar-refractivity contribution in [3.63, 3.8) is 0 Å². The van der Waals surface area contributed by atoms with E-state index in [9.17, 15) is 4.79 Å². The van der Waals surface area contributed by atoms with Crippen LogP contribution in [0.25, 0.3) is 0 Å². The highest BCUT2D eigenvalue weighted by molar-refractivity contribution is 5.76. The summed E-state index contributed by atoms with van der Waals surface area (Å²) in [7, 11) is 0. The van der Waals surface area contributed by atoms with Crippen molar-refractivity contribution in [2.75, 3.05) is 26.4 Å². The van der Waals surface area contributed by atoms with Crippen molar-refractivity contribution in [1.82, 2.24) is 5.32 Å². The number of amides is 1. The molecule has 0 aliphatic rings. The first kappa shape index (κ1) is 19.6. The summed E-state index contributed by atoms with van der Waals surface area (Å²) >= 11 is 0. The fourth-order valence-electron chi connectivity index (χ4n) is 2.47. The number of hydrogen-bond donors (Lipinski definition) is 1. The summed E-state index contributed by atoms with van der Waals surface area (Å²) in [6, 6.07) is 15.4. The molecule has 0 bridgehead atoms. The number of rotatable bonds is 11. The van der Waals surface area contributed by atoms with Crippen LogP contribution in [0.4, 0.5) is 0 Å². The molecule has 0 radical (unpaired) electrons. The molecule has 0 unspecified atom stereocenters. The van der Waals surface area contributed by atoms with Crippen LogP contribution in [0.2, 0.25) is 0 Å². The van der Waals surface area contributed by atoms with Crippen molar-refractivity contribution in [2.24, 2.45) is 0 Å². The zero-order valence-electron chi connectivity index (χ0n) is 15.5.